The predicted molar refractivity (Wildman–Crippen MR) is 110 cm³/mol. The molecule has 0 saturated carbocycles. The van der Waals surface area contributed by atoms with Crippen molar-refractivity contribution in [2.75, 3.05) is 10.0 Å². The van der Waals surface area contributed by atoms with Crippen LogP contribution in [0.25, 0.3) is 0 Å². The van der Waals surface area contributed by atoms with Gasteiger partial charge in [-0.2, -0.15) is 0 Å². The van der Waals surface area contributed by atoms with Gasteiger partial charge in [-0.1, -0.05) is 24.3 Å². The van der Waals surface area contributed by atoms with Crippen LogP contribution >= 0.6 is 11.3 Å². The maximum absolute atomic E-state index is 12.8. The Morgan fingerprint density at radius 3 is 2.52 bits per heavy atom. The van der Waals surface area contributed by atoms with Crippen molar-refractivity contribution in [3.8, 4) is 0 Å². The number of carbonyl (C=O) groups excluding carboxylic acids is 1. The molecule has 27 heavy (non-hydrogen) atoms. The Labute approximate surface area is 163 Å². The summed E-state index contributed by atoms with van der Waals surface area (Å²) in [7, 11) is -3.77. The van der Waals surface area contributed by atoms with E-state index < -0.39 is 10.0 Å². The summed E-state index contributed by atoms with van der Waals surface area (Å²) < 4.78 is 28.2. The highest BCUT2D eigenvalue weighted by atomic mass is 32.2. The van der Waals surface area contributed by atoms with Crippen molar-refractivity contribution in [1.82, 2.24) is 0 Å². The van der Waals surface area contributed by atoms with E-state index in [4.69, 9.17) is 0 Å². The third kappa shape index (κ3) is 4.96. The van der Waals surface area contributed by atoms with Crippen LogP contribution in [0.4, 0.5) is 11.4 Å². The van der Waals surface area contributed by atoms with Gasteiger partial charge < -0.3 is 5.32 Å². The average Bonchev–Trinajstić information content (AvgIpc) is 3.09. The van der Waals surface area contributed by atoms with Crippen molar-refractivity contribution in [2.45, 2.75) is 25.2 Å². The SMILES string of the molecule is Cc1cccc(NS(=O)(=O)c2cc(NC(=O)Cc3cccs3)ccc2C)c1. The number of aryl methyl sites for hydroxylation is 2. The number of sulfonamides is 1. The topological polar surface area (TPSA) is 75.3 Å². The summed E-state index contributed by atoms with van der Waals surface area (Å²) in [5.74, 6) is -0.184. The molecule has 0 aliphatic heterocycles. The zero-order chi connectivity index (χ0) is 19.4. The molecule has 0 atom stereocenters. The van der Waals surface area contributed by atoms with E-state index in [1.807, 2.05) is 30.5 Å². The van der Waals surface area contributed by atoms with Crippen molar-refractivity contribution < 1.29 is 13.2 Å². The van der Waals surface area contributed by atoms with Gasteiger partial charge in [0.05, 0.1) is 11.3 Å². The van der Waals surface area contributed by atoms with Crippen LogP contribution in [-0.2, 0) is 21.2 Å². The van der Waals surface area contributed by atoms with Crippen LogP contribution < -0.4 is 10.0 Å². The molecule has 0 radical (unpaired) electrons. The Morgan fingerprint density at radius 1 is 1.00 bits per heavy atom. The number of hydrogen-bond acceptors (Lipinski definition) is 4. The first-order valence-corrected chi connectivity index (χ1v) is 10.7. The fraction of sp³-hybridized carbons (Fsp3) is 0.150. The van der Waals surface area contributed by atoms with E-state index in [-0.39, 0.29) is 17.2 Å². The third-order valence-corrected chi connectivity index (χ3v) is 6.35. The molecule has 1 aromatic heterocycles. The number of carbonyl (C=O) groups is 1. The van der Waals surface area contributed by atoms with Gasteiger partial charge in [-0.25, -0.2) is 8.42 Å². The maximum atomic E-state index is 12.8. The van der Waals surface area contributed by atoms with Gasteiger partial charge in [-0.15, -0.1) is 11.3 Å². The molecule has 0 aliphatic rings. The molecule has 0 fully saturated rings. The second-order valence-corrected chi connectivity index (χ2v) is 8.94. The minimum Gasteiger partial charge on any atom is -0.326 e. The summed E-state index contributed by atoms with van der Waals surface area (Å²) in [4.78, 5) is 13.3. The summed E-state index contributed by atoms with van der Waals surface area (Å²) in [5, 5.41) is 4.68. The number of amides is 1. The van der Waals surface area contributed by atoms with Crippen molar-refractivity contribution in [3.63, 3.8) is 0 Å². The van der Waals surface area contributed by atoms with Crippen molar-refractivity contribution in [1.29, 1.82) is 0 Å². The molecular formula is C20H20N2O3S2. The molecule has 3 aromatic rings. The Bertz CT molecular complexity index is 1060. The Balaban J connectivity index is 1.80. The average molecular weight is 401 g/mol. The zero-order valence-corrected chi connectivity index (χ0v) is 16.7. The first-order valence-electron chi connectivity index (χ1n) is 8.36. The number of thiophene rings is 1. The van der Waals surface area contributed by atoms with E-state index in [0.29, 0.717) is 16.9 Å². The number of hydrogen-bond donors (Lipinski definition) is 2. The Morgan fingerprint density at radius 2 is 1.81 bits per heavy atom. The largest absolute Gasteiger partial charge is 0.326 e. The molecule has 5 nitrogen and oxygen atoms in total. The summed E-state index contributed by atoms with van der Waals surface area (Å²) in [6.45, 7) is 3.62. The van der Waals surface area contributed by atoms with E-state index in [2.05, 4.69) is 10.0 Å². The fourth-order valence-corrected chi connectivity index (χ4v) is 4.69. The number of benzene rings is 2. The van der Waals surface area contributed by atoms with Crippen LogP contribution in [0, 0.1) is 13.8 Å². The lowest BCUT2D eigenvalue weighted by atomic mass is 10.2. The zero-order valence-electron chi connectivity index (χ0n) is 15.0. The monoisotopic (exact) mass is 400 g/mol. The highest BCUT2D eigenvalue weighted by Crippen LogP contribution is 2.23. The molecule has 0 bridgehead atoms. The van der Waals surface area contributed by atoms with Crippen LogP contribution in [0.3, 0.4) is 0 Å². The molecule has 0 unspecified atom stereocenters. The van der Waals surface area contributed by atoms with Gasteiger partial charge in [-0.3, -0.25) is 9.52 Å². The van der Waals surface area contributed by atoms with E-state index in [9.17, 15) is 13.2 Å². The predicted octanol–water partition coefficient (Wildman–Crippen LogP) is 4.35. The smallest absolute Gasteiger partial charge is 0.262 e. The van der Waals surface area contributed by atoms with Gasteiger partial charge in [0.1, 0.15) is 0 Å². The van der Waals surface area contributed by atoms with Gasteiger partial charge in [0, 0.05) is 16.3 Å². The molecule has 0 saturated heterocycles. The van der Waals surface area contributed by atoms with Crippen LogP contribution in [0.1, 0.15) is 16.0 Å². The lowest BCUT2D eigenvalue weighted by Crippen LogP contribution is -2.17. The standard InChI is InChI=1S/C20H20N2O3S2/c1-14-5-3-6-17(11-14)22-27(24,25)19-12-16(9-8-15(19)2)21-20(23)13-18-7-4-10-26-18/h3-12,22H,13H2,1-2H3,(H,21,23). The number of anilines is 2. The minimum atomic E-state index is -3.77. The maximum Gasteiger partial charge on any atom is 0.262 e. The summed E-state index contributed by atoms with van der Waals surface area (Å²) >= 11 is 1.51. The first kappa shape index (κ1) is 19.1. The third-order valence-electron chi connectivity index (χ3n) is 3.95. The highest BCUT2D eigenvalue weighted by Gasteiger charge is 2.18. The summed E-state index contributed by atoms with van der Waals surface area (Å²) in [6, 6.07) is 15.8. The van der Waals surface area contributed by atoms with Crippen LogP contribution in [0.5, 0.6) is 0 Å². The molecular weight excluding hydrogens is 380 g/mol. The molecule has 1 amide bonds. The van der Waals surface area contributed by atoms with Crippen molar-refractivity contribution in [3.05, 3.63) is 76.0 Å². The van der Waals surface area contributed by atoms with Crippen LogP contribution in [-0.4, -0.2) is 14.3 Å². The summed E-state index contributed by atoms with van der Waals surface area (Å²) in [6.07, 6.45) is 0.259. The van der Waals surface area contributed by atoms with E-state index >= 15 is 0 Å². The summed E-state index contributed by atoms with van der Waals surface area (Å²) in [5.41, 5.74) is 2.52. The molecule has 0 spiro atoms. The normalized spacial score (nSPS) is 11.2. The highest BCUT2D eigenvalue weighted by molar-refractivity contribution is 7.92. The molecule has 2 N–H and O–H groups in total. The number of nitrogens with one attached hydrogen (secondary N) is 2. The molecule has 1 heterocycles. The van der Waals surface area contributed by atoms with E-state index in [0.717, 1.165) is 10.4 Å². The first-order chi connectivity index (χ1) is 12.8. The minimum absolute atomic E-state index is 0.137. The van der Waals surface area contributed by atoms with Crippen LogP contribution in [0.15, 0.2) is 64.9 Å². The lowest BCUT2D eigenvalue weighted by Gasteiger charge is -2.13. The van der Waals surface area contributed by atoms with Gasteiger partial charge >= 0.3 is 0 Å². The van der Waals surface area contributed by atoms with Gasteiger partial charge in [0.15, 0.2) is 0 Å². The van der Waals surface area contributed by atoms with Crippen molar-refractivity contribution >= 4 is 38.6 Å². The van der Waals surface area contributed by atoms with E-state index in [1.54, 1.807) is 37.3 Å². The van der Waals surface area contributed by atoms with Gasteiger partial charge in [0.25, 0.3) is 10.0 Å². The second kappa shape index (κ2) is 7.94. The van der Waals surface area contributed by atoms with Crippen molar-refractivity contribution in [2.24, 2.45) is 0 Å². The van der Waals surface area contributed by atoms with Gasteiger partial charge in [0.2, 0.25) is 5.91 Å². The quantitative estimate of drug-likeness (QED) is 0.646. The van der Waals surface area contributed by atoms with Crippen LogP contribution in [0.2, 0.25) is 0 Å². The molecule has 2 aromatic carbocycles. The molecule has 3 rings (SSSR count). The van der Waals surface area contributed by atoms with Gasteiger partial charge in [-0.05, 0) is 60.7 Å². The lowest BCUT2D eigenvalue weighted by molar-refractivity contribution is -0.115. The molecule has 0 aliphatic carbocycles. The Kier molecular flexibility index (Phi) is 5.62. The molecule has 7 heteroatoms. The Hall–Kier alpha value is -2.64. The second-order valence-electron chi connectivity index (χ2n) is 6.26. The number of rotatable bonds is 6. The fourth-order valence-electron chi connectivity index (χ4n) is 2.66. The van der Waals surface area contributed by atoms with E-state index in [1.165, 1.54) is 17.4 Å². The molecule has 140 valence electrons.